The van der Waals surface area contributed by atoms with Gasteiger partial charge in [0.1, 0.15) is 0 Å². The third kappa shape index (κ3) is 7.20. The highest BCUT2D eigenvalue weighted by molar-refractivity contribution is 7.13. The van der Waals surface area contributed by atoms with Crippen molar-refractivity contribution in [1.29, 1.82) is 0 Å². The Morgan fingerprint density at radius 2 is 2.12 bits per heavy atom. The molecular weight excluding hydrogens is 448 g/mol. The van der Waals surface area contributed by atoms with E-state index in [0.29, 0.717) is 17.5 Å². The van der Waals surface area contributed by atoms with Crippen LogP contribution in [0.15, 0.2) is 12.5 Å². The number of amides is 1. The molecule has 0 spiro atoms. The molecule has 1 amide bonds. The molecule has 0 atom stereocenters. The quantitative estimate of drug-likeness (QED) is 0.593. The number of fused-ring (bicyclic) bond motifs is 1. The molecule has 2 aromatic rings. The predicted molar refractivity (Wildman–Crippen MR) is 123 cm³/mol. The summed E-state index contributed by atoms with van der Waals surface area (Å²) in [4.78, 5) is 24.5. The molecule has 2 aliphatic rings. The maximum atomic E-state index is 13.0. The molecule has 0 bridgehead atoms. The Kier molecular flexibility index (Phi) is 7.63. The van der Waals surface area contributed by atoms with Crippen molar-refractivity contribution in [3.63, 3.8) is 0 Å². The minimum absolute atomic E-state index is 0.0514. The summed E-state index contributed by atoms with van der Waals surface area (Å²) in [6.07, 6.45) is 10.3. The Hall–Kier alpha value is -2.07. The molecule has 0 unspecified atom stereocenters. The van der Waals surface area contributed by atoms with E-state index in [0.717, 1.165) is 81.3 Å². The maximum absolute atomic E-state index is 13.0. The van der Waals surface area contributed by atoms with Crippen molar-refractivity contribution in [2.45, 2.75) is 70.4 Å². The maximum Gasteiger partial charge on any atom is 0.278 e. The molecule has 1 aliphatic heterocycles. The number of aromatic nitrogens is 3. The zero-order valence-electron chi connectivity index (χ0n) is 19.4. The summed E-state index contributed by atoms with van der Waals surface area (Å²) in [5.41, 5.74) is 1.77. The number of hydrogen-bond donors (Lipinski definition) is 1. The summed E-state index contributed by atoms with van der Waals surface area (Å²) in [6.45, 7) is 2.97. The van der Waals surface area contributed by atoms with E-state index in [4.69, 9.17) is 4.74 Å². The fraction of sp³-hybridized carbons (Fsp3) is 0.696. The van der Waals surface area contributed by atoms with Crippen LogP contribution in [0.1, 0.15) is 55.3 Å². The monoisotopic (exact) mass is 481 g/mol. The van der Waals surface area contributed by atoms with Crippen LogP contribution in [0.25, 0.3) is 0 Å². The topological polar surface area (TPSA) is 72.3 Å². The van der Waals surface area contributed by atoms with Crippen molar-refractivity contribution in [2.24, 2.45) is 13.0 Å². The lowest BCUT2D eigenvalue weighted by Crippen LogP contribution is -2.39. The van der Waals surface area contributed by atoms with E-state index in [2.05, 4.69) is 20.2 Å². The normalized spacial score (nSPS) is 21.6. The lowest BCUT2D eigenvalue weighted by atomic mass is 9.84. The molecule has 33 heavy (non-hydrogen) atoms. The number of halogens is 2. The minimum Gasteiger partial charge on any atom is -0.464 e. The SMILES string of the molecule is Cn1cnc(CC(=O)NC2CCC(CCN3CCc4sc(OCC(C)(F)F)nc4C3)CC2)c1. The van der Waals surface area contributed by atoms with Gasteiger partial charge in [-0.05, 0) is 51.0 Å². The van der Waals surface area contributed by atoms with E-state index >= 15 is 0 Å². The number of carbonyl (C=O) groups excluding carboxylic acids is 1. The van der Waals surface area contributed by atoms with Crippen molar-refractivity contribution in [2.75, 3.05) is 19.7 Å². The van der Waals surface area contributed by atoms with Gasteiger partial charge in [0.15, 0.2) is 6.61 Å². The van der Waals surface area contributed by atoms with Crippen LogP contribution in [-0.4, -0.2) is 57.0 Å². The molecule has 0 radical (unpaired) electrons. The number of nitrogens with one attached hydrogen (secondary N) is 1. The molecule has 3 heterocycles. The Morgan fingerprint density at radius 3 is 2.82 bits per heavy atom. The first kappa shape index (κ1) is 24.1. The summed E-state index contributed by atoms with van der Waals surface area (Å²) in [7, 11) is 1.90. The van der Waals surface area contributed by atoms with Gasteiger partial charge in [0.05, 0.1) is 24.1 Å². The number of nitrogens with zero attached hydrogens (tertiary/aromatic N) is 4. The fourth-order valence-corrected chi connectivity index (χ4v) is 5.54. The number of rotatable bonds is 9. The van der Waals surface area contributed by atoms with Gasteiger partial charge in [0.2, 0.25) is 5.91 Å². The van der Waals surface area contributed by atoms with Crippen LogP contribution >= 0.6 is 11.3 Å². The zero-order chi connectivity index (χ0) is 23.4. The molecule has 10 heteroatoms. The van der Waals surface area contributed by atoms with Crippen molar-refractivity contribution < 1.29 is 18.3 Å². The average Bonchev–Trinajstić information content (AvgIpc) is 3.36. The molecule has 0 saturated heterocycles. The number of thiazole rings is 1. The van der Waals surface area contributed by atoms with Crippen molar-refractivity contribution in [3.05, 3.63) is 28.8 Å². The lowest BCUT2D eigenvalue weighted by molar-refractivity contribution is -0.121. The largest absolute Gasteiger partial charge is 0.464 e. The zero-order valence-corrected chi connectivity index (χ0v) is 20.2. The van der Waals surface area contributed by atoms with Crippen LogP contribution in [-0.2, 0) is 31.2 Å². The van der Waals surface area contributed by atoms with Gasteiger partial charge >= 0.3 is 0 Å². The number of ether oxygens (including phenoxy) is 1. The van der Waals surface area contributed by atoms with E-state index in [-0.39, 0.29) is 11.9 Å². The van der Waals surface area contributed by atoms with Gasteiger partial charge in [-0.3, -0.25) is 9.69 Å². The minimum atomic E-state index is -2.85. The molecule has 1 fully saturated rings. The Bertz CT molecular complexity index is 934. The third-order valence-corrected chi connectivity index (χ3v) is 7.47. The number of carbonyl (C=O) groups is 1. The smallest absolute Gasteiger partial charge is 0.278 e. The number of alkyl halides is 2. The molecule has 2 aromatic heterocycles. The van der Waals surface area contributed by atoms with Crippen molar-refractivity contribution in [3.8, 4) is 5.19 Å². The highest BCUT2D eigenvalue weighted by atomic mass is 32.1. The lowest BCUT2D eigenvalue weighted by Gasteiger charge is -2.32. The van der Waals surface area contributed by atoms with E-state index in [1.807, 2.05) is 17.8 Å². The van der Waals surface area contributed by atoms with E-state index in [9.17, 15) is 13.6 Å². The summed E-state index contributed by atoms with van der Waals surface area (Å²) in [5, 5.41) is 3.52. The highest BCUT2D eigenvalue weighted by Gasteiger charge is 2.27. The van der Waals surface area contributed by atoms with Crippen LogP contribution in [0.2, 0.25) is 0 Å². The summed E-state index contributed by atoms with van der Waals surface area (Å²) in [5.74, 6) is -2.12. The van der Waals surface area contributed by atoms with Crippen molar-refractivity contribution >= 4 is 17.2 Å². The first-order valence-electron chi connectivity index (χ1n) is 11.7. The molecule has 1 aliphatic carbocycles. The van der Waals surface area contributed by atoms with Crippen LogP contribution in [0.5, 0.6) is 5.19 Å². The standard InChI is InChI=1S/C23H33F2N5O2S/c1-23(24,25)14-32-22-28-19-13-30(10-8-20(19)33-22)9-7-16-3-5-17(6-4-16)27-21(31)11-18-12-29(2)15-26-18/h12,15-17H,3-11,13-14H2,1-2H3,(H,27,31). The molecule has 4 rings (SSSR count). The van der Waals surface area contributed by atoms with Gasteiger partial charge < -0.3 is 14.6 Å². The highest BCUT2D eigenvalue weighted by Crippen LogP contribution is 2.32. The average molecular weight is 482 g/mol. The summed E-state index contributed by atoms with van der Waals surface area (Å²) < 4.78 is 33.1. The number of aryl methyl sites for hydroxylation is 1. The van der Waals surface area contributed by atoms with Gasteiger partial charge in [0, 0.05) is 44.2 Å². The summed E-state index contributed by atoms with van der Waals surface area (Å²) >= 11 is 1.40. The van der Waals surface area contributed by atoms with Gasteiger partial charge in [-0.1, -0.05) is 11.3 Å². The Morgan fingerprint density at radius 1 is 1.33 bits per heavy atom. The second kappa shape index (κ2) is 10.5. The molecule has 1 saturated carbocycles. The molecule has 182 valence electrons. The van der Waals surface area contributed by atoms with Crippen LogP contribution in [0.3, 0.4) is 0 Å². The second-order valence-corrected chi connectivity index (χ2v) is 10.6. The Balaban J connectivity index is 1.15. The second-order valence-electron chi connectivity index (χ2n) is 9.52. The van der Waals surface area contributed by atoms with Gasteiger partial charge in [-0.15, -0.1) is 0 Å². The number of hydrogen-bond acceptors (Lipinski definition) is 6. The van der Waals surface area contributed by atoms with Crippen LogP contribution < -0.4 is 10.1 Å². The van der Waals surface area contributed by atoms with E-state index < -0.39 is 12.5 Å². The molecular formula is C23H33F2N5O2S. The van der Waals surface area contributed by atoms with E-state index in [1.54, 1.807) is 6.33 Å². The third-order valence-electron chi connectivity index (χ3n) is 6.40. The molecule has 7 nitrogen and oxygen atoms in total. The molecule has 0 aromatic carbocycles. The Labute approximate surface area is 197 Å². The van der Waals surface area contributed by atoms with E-state index in [1.165, 1.54) is 11.3 Å². The first-order chi connectivity index (χ1) is 15.7. The fourth-order valence-electron chi connectivity index (χ4n) is 4.63. The number of imidazole rings is 1. The van der Waals surface area contributed by atoms with Crippen molar-refractivity contribution in [1.82, 2.24) is 24.8 Å². The van der Waals surface area contributed by atoms with Gasteiger partial charge in [-0.25, -0.2) is 18.7 Å². The molecule has 1 N–H and O–H groups in total. The first-order valence-corrected chi connectivity index (χ1v) is 12.5. The summed E-state index contributed by atoms with van der Waals surface area (Å²) in [6, 6.07) is 0.263. The van der Waals surface area contributed by atoms with Crippen LogP contribution in [0.4, 0.5) is 8.78 Å². The van der Waals surface area contributed by atoms with Gasteiger partial charge in [-0.2, -0.15) is 0 Å². The van der Waals surface area contributed by atoms with Crippen LogP contribution in [0, 0.1) is 5.92 Å². The van der Waals surface area contributed by atoms with Gasteiger partial charge in [0.25, 0.3) is 11.1 Å². The predicted octanol–water partition coefficient (Wildman–Crippen LogP) is 3.58.